The largest absolute Gasteiger partial charge is 0.352 e. The fourth-order valence-electron chi connectivity index (χ4n) is 2.02. The Morgan fingerprint density at radius 1 is 1.44 bits per heavy atom. The third-order valence-corrected chi connectivity index (χ3v) is 4.19. The lowest BCUT2D eigenvalue weighted by Gasteiger charge is -2.22. The van der Waals surface area contributed by atoms with Gasteiger partial charge in [0, 0.05) is 11.8 Å². The Balaban J connectivity index is 1.84. The number of rotatable bonds is 3. The van der Waals surface area contributed by atoms with E-state index >= 15 is 0 Å². The van der Waals surface area contributed by atoms with Gasteiger partial charge < -0.3 is 5.32 Å². The highest BCUT2D eigenvalue weighted by atomic mass is 32.2. The predicted octanol–water partition coefficient (Wildman–Crippen LogP) is 2.11. The van der Waals surface area contributed by atoms with Crippen molar-refractivity contribution in [2.45, 2.75) is 25.3 Å². The minimum absolute atomic E-state index is 0.0761. The van der Waals surface area contributed by atoms with Crippen LogP contribution >= 0.6 is 11.8 Å². The number of carbonyl (C=O) groups excluding carboxylic acids is 1. The van der Waals surface area contributed by atoms with Crippen LogP contribution in [-0.2, 0) is 11.2 Å². The zero-order valence-electron chi connectivity index (χ0n) is 10.2. The van der Waals surface area contributed by atoms with Crippen LogP contribution in [0.1, 0.15) is 24.0 Å². The monoisotopic (exact) mass is 260 g/mol. The summed E-state index contributed by atoms with van der Waals surface area (Å²) in [6, 6.07) is 9.58. The second-order valence-corrected chi connectivity index (χ2v) is 5.62. The molecule has 1 aromatic carbocycles. The normalized spacial score (nSPS) is 18.9. The molecule has 1 aliphatic heterocycles. The van der Waals surface area contributed by atoms with Crippen LogP contribution in [0.3, 0.4) is 0 Å². The lowest BCUT2D eigenvalue weighted by Crippen LogP contribution is -2.39. The summed E-state index contributed by atoms with van der Waals surface area (Å²) < 4.78 is 0. The van der Waals surface area contributed by atoms with Gasteiger partial charge in [0.05, 0.1) is 18.1 Å². The maximum Gasteiger partial charge on any atom is 0.224 e. The number of nitriles is 1. The molecule has 0 radical (unpaired) electrons. The predicted molar refractivity (Wildman–Crippen MR) is 73.4 cm³/mol. The molecule has 1 aromatic rings. The number of amides is 1. The lowest BCUT2D eigenvalue weighted by atomic mass is 10.1. The van der Waals surface area contributed by atoms with Crippen LogP contribution in [0.25, 0.3) is 0 Å². The molecule has 1 fully saturated rings. The van der Waals surface area contributed by atoms with E-state index in [1.165, 1.54) is 12.2 Å². The average molecular weight is 260 g/mol. The molecule has 2 rings (SSSR count). The molecule has 1 amide bonds. The van der Waals surface area contributed by atoms with Gasteiger partial charge in [0.25, 0.3) is 0 Å². The Morgan fingerprint density at radius 3 is 2.83 bits per heavy atom. The Bertz CT molecular complexity index is 444. The van der Waals surface area contributed by atoms with E-state index in [0.29, 0.717) is 18.0 Å². The Kier molecular flexibility index (Phi) is 4.66. The van der Waals surface area contributed by atoms with Gasteiger partial charge in [0.1, 0.15) is 0 Å². The summed E-state index contributed by atoms with van der Waals surface area (Å²) in [5.41, 5.74) is 1.58. The number of hydrogen-bond donors (Lipinski definition) is 1. The Morgan fingerprint density at radius 2 is 2.22 bits per heavy atom. The SMILES string of the molecule is N#Cc1ccc(CC(=O)NC2CCCSC2)cc1. The first-order valence-electron chi connectivity index (χ1n) is 6.14. The molecule has 0 aliphatic carbocycles. The summed E-state index contributed by atoms with van der Waals surface area (Å²) >= 11 is 1.91. The van der Waals surface area contributed by atoms with E-state index in [4.69, 9.17) is 5.26 Å². The van der Waals surface area contributed by atoms with Crippen molar-refractivity contribution < 1.29 is 4.79 Å². The van der Waals surface area contributed by atoms with Gasteiger partial charge >= 0.3 is 0 Å². The van der Waals surface area contributed by atoms with Crippen molar-refractivity contribution in [2.75, 3.05) is 11.5 Å². The number of carbonyl (C=O) groups is 1. The first kappa shape index (κ1) is 13.0. The van der Waals surface area contributed by atoms with Crippen molar-refractivity contribution in [1.82, 2.24) is 5.32 Å². The fraction of sp³-hybridized carbons (Fsp3) is 0.429. The number of hydrogen-bond acceptors (Lipinski definition) is 3. The summed E-state index contributed by atoms with van der Waals surface area (Å²) in [4.78, 5) is 11.8. The van der Waals surface area contributed by atoms with Crippen LogP contribution < -0.4 is 5.32 Å². The summed E-state index contributed by atoms with van der Waals surface area (Å²) in [7, 11) is 0. The van der Waals surface area contributed by atoms with Gasteiger partial charge in [-0.3, -0.25) is 4.79 Å². The van der Waals surface area contributed by atoms with E-state index in [1.54, 1.807) is 12.1 Å². The van der Waals surface area contributed by atoms with Gasteiger partial charge in [-0.15, -0.1) is 0 Å². The molecule has 1 N–H and O–H groups in total. The van der Waals surface area contributed by atoms with Gasteiger partial charge in [-0.1, -0.05) is 12.1 Å². The Hall–Kier alpha value is -1.47. The Labute approximate surface area is 112 Å². The molecule has 1 saturated heterocycles. The van der Waals surface area contributed by atoms with Gasteiger partial charge in [0.2, 0.25) is 5.91 Å². The third kappa shape index (κ3) is 3.78. The fourth-order valence-corrected chi connectivity index (χ4v) is 3.09. The maximum absolute atomic E-state index is 11.8. The zero-order valence-corrected chi connectivity index (χ0v) is 11.0. The third-order valence-electron chi connectivity index (χ3n) is 2.97. The lowest BCUT2D eigenvalue weighted by molar-refractivity contribution is -0.121. The number of nitrogens with one attached hydrogen (secondary N) is 1. The average Bonchev–Trinajstić information content (AvgIpc) is 2.40. The summed E-state index contributed by atoms with van der Waals surface area (Å²) in [5, 5.41) is 11.8. The molecule has 18 heavy (non-hydrogen) atoms. The van der Waals surface area contributed by atoms with Gasteiger partial charge in [-0.2, -0.15) is 17.0 Å². The van der Waals surface area contributed by atoms with Crippen molar-refractivity contribution >= 4 is 17.7 Å². The first-order chi connectivity index (χ1) is 8.78. The maximum atomic E-state index is 11.8. The van der Waals surface area contributed by atoms with Crippen LogP contribution in [0, 0.1) is 11.3 Å². The standard InChI is InChI=1S/C14H16N2OS/c15-9-12-5-3-11(4-6-12)8-14(17)16-13-2-1-7-18-10-13/h3-6,13H,1-2,7-8,10H2,(H,16,17). The highest BCUT2D eigenvalue weighted by Gasteiger charge is 2.15. The van der Waals surface area contributed by atoms with Crippen molar-refractivity contribution in [1.29, 1.82) is 5.26 Å². The number of thioether (sulfide) groups is 1. The van der Waals surface area contributed by atoms with Gasteiger partial charge in [0.15, 0.2) is 0 Å². The number of nitrogens with zero attached hydrogens (tertiary/aromatic N) is 1. The second-order valence-electron chi connectivity index (χ2n) is 4.47. The van der Waals surface area contributed by atoms with Crippen LogP contribution in [0.2, 0.25) is 0 Å². The van der Waals surface area contributed by atoms with E-state index in [1.807, 2.05) is 23.9 Å². The minimum atomic E-state index is 0.0761. The van der Waals surface area contributed by atoms with E-state index in [2.05, 4.69) is 11.4 Å². The highest BCUT2D eigenvalue weighted by molar-refractivity contribution is 7.99. The first-order valence-corrected chi connectivity index (χ1v) is 7.29. The van der Waals surface area contributed by atoms with Crippen LogP contribution in [0.5, 0.6) is 0 Å². The van der Waals surface area contributed by atoms with E-state index in [9.17, 15) is 4.79 Å². The molecule has 0 spiro atoms. The molecule has 0 bridgehead atoms. The van der Waals surface area contributed by atoms with Crippen molar-refractivity contribution in [2.24, 2.45) is 0 Å². The quantitative estimate of drug-likeness (QED) is 0.905. The zero-order chi connectivity index (χ0) is 12.8. The van der Waals surface area contributed by atoms with E-state index in [0.717, 1.165) is 17.7 Å². The highest BCUT2D eigenvalue weighted by Crippen LogP contribution is 2.17. The molecule has 3 nitrogen and oxygen atoms in total. The van der Waals surface area contributed by atoms with Crippen LogP contribution in [-0.4, -0.2) is 23.5 Å². The molecule has 0 saturated carbocycles. The summed E-state index contributed by atoms with van der Waals surface area (Å²) in [5.74, 6) is 2.31. The summed E-state index contributed by atoms with van der Waals surface area (Å²) in [6.45, 7) is 0. The molecule has 1 atom stereocenters. The topological polar surface area (TPSA) is 52.9 Å². The molecule has 1 unspecified atom stereocenters. The number of benzene rings is 1. The molecule has 0 aromatic heterocycles. The van der Waals surface area contributed by atoms with E-state index < -0.39 is 0 Å². The van der Waals surface area contributed by atoms with Crippen LogP contribution in [0.4, 0.5) is 0 Å². The van der Waals surface area contributed by atoms with Crippen molar-refractivity contribution in [3.05, 3.63) is 35.4 Å². The van der Waals surface area contributed by atoms with Crippen LogP contribution in [0.15, 0.2) is 24.3 Å². The molecular weight excluding hydrogens is 244 g/mol. The molecule has 94 valence electrons. The van der Waals surface area contributed by atoms with Crippen molar-refractivity contribution in [3.8, 4) is 6.07 Å². The molecule has 1 heterocycles. The molecular formula is C14H16N2OS. The summed E-state index contributed by atoms with van der Waals surface area (Å²) in [6.07, 6.45) is 2.67. The molecule has 4 heteroatoms. The second kappa shape index (κ2) is 6.46. The van der Waals surface area contributed by atoms with E-state index in [-0.39, 0.29) is 5.91 Å². The molecule has 1 aliphatic rings. The van der Waals surface area contributed by atoms with Crippen molar-refractivity contribution in [3.63, 3.8) is 0 Å². The minimum Gasteiger partial charge on any atom is -0.352 e. The smallest absolute Gasteiger partial charge is 0.224 e. The van der Waals surface area contributed by atoms with Gasteiger partial charge in [-0.05, 0) is 36.3 Å². The van der Waals surface area contributed by atoms with Gasteiger partial charge in [-0.25, -0.2) is 0 Å².